The lowest BCUT2D eigenvalue weighted by atomic mass is 10.4. The number of hydrogen-bond acceptors (Lipinski definition) is 4. The summed E-state index contributed by atoms with van der Waals surface area (Å²) in [5.41, 5.74) is 6.58. The predicted molar refractivity (Wildman–Crippen MR) is 62.3 cm³/mol. The second kappa shape index (κ2) is 4.88. The van der Waals surface area contributed by atoms with E-state index in [-0.39, 0.29) is 0 Å². The standard InChI is InChI=1S/C10H15N3O2S/c11-9(10(14)15)5-16-4-8-3-12-6-13(8)7-1-2-7/h3,6-7,9H,1-2,4-5,11H2,(H,14,15). The van der Waals surface area contributed by atoms with Crippen LogP contribution in [0.15, 0.2) is 12.5 Å². The number of thioether (sulfide) groups is 1. The lowest BCUT2D eigenvalue weighted by molar-refractivity contribution is -0.137. The van der Waals surface area contributed by atoms with Crippen molar-refractivity contribution in [3.63, 3.8) is 0 Å². The highest BCUT2D eigenvalue weighted by Gasteiger charge is 2.25. The molecule has 2 rings (SSSR count). The Hall–Kier alpha value is -1.01. The number of carboxylic acids is 1. The van der Waals surface area contributed by atoms with Gasteiger partial charge in [-0.3, -0.25) is 4.79 Å². The molecule has 0 spiro atoms. The maximum absolute atomic E-state index is 10.5. The summed E-state index contributed by atoms with van der Waals surface area (Å²) in [6.45, 7) is 0. The number of nitrogens with two attached hydrogens (primary N) is 1. The molecule has 1 aromatic rings. The molecule has 1 heterocycles. The van der Waals surface area contributed by atoms with Gasteiger partial charge in [-0.2, -0.15) is 11.8 Å². The van der Waals surface area contributed by atoms with Crippen LogP contribution in [0.1, 0.15) is 24.6 Å². The molecule has 0 radical (unpaired) electrons. The van der Waals surface area contributed by atoms with Crippen LogP contribution in [0.2, 0.25) is 0 Å². The van der Waals surface area contributed by atoms with Gasteiger partial charge in [0.2, 0.25) is 0 Å². The SMILES string of the molecule is NC(CSCc1cncn1C1CC1)C(=O)O. The fourth-order valence-electron chi connectivity index (χ4n) is 1.49. The Morgan fingerprint density at radius 1 is 1.75 bits per heavy atom. The Balaban J connectivity index is 1.80. The van der Waals surface area contributed by atoms with E-state index < -0.39 is 12.0 Å². The first-order valence-electron chi connectivity index (χ1n) is 5.25. The largest absolute Gasteiger partial charge is 0.480 e. The Bertz CT molecular complexity index is 376. The second-order valence-corrected chi connectivity index (χ2v) is 5.01. The summed E-state index contributed by atoms with van der Waals surface area (Å²) in [6, 6.07) is -0.159. The molecular formula is C10H15N3O2S. The molecule has 0 amide bonds. The van der Waals surface area contributed by atoms with Crippen molar-refractivity contribution in [2.45, 2.75) is 30.7 Å². The number of aromatic nitrogens is 2. The van der Waals surface area contributed by atoms with Crippen molar-refractivity contribution in [2.24, 2.45) is 5.73 Å². The maximum Gasteiger partial charge on any atom is 0.321 e. The summed E-state index contributed by atoms with van der Waals surface area (Å²) in [6.07, 6.45) is 6.15. The van der Waals surface area contributed by atoms with Gasteiger partial charge in [0.25, 0.3) is 0 Å². The van der Waals surface area contributed by atoms with E-state index in [0.717, 1.165) is 11.4 Å². The minimum atomic E-state index is -0.941. The fraction of sp³-hybridized carbons (Fsp3) is 0.600. The molecule has 0 aromatic carbocycles. The molecule has 3 N–H and O–H groups in total. The Kier molecular flexibility index (Phi) is 3.50. The highest BCUT2D eigenvalue weighted by Crippen LogP contribution is 2.36. The molecule has 1 atom stereocenters. The molecule has 0 saturated heterocycles. The Labute approximate surface area is 98.0 Å². The summed E-state index contributed by atoms with van der Waals surface area (Å²) in [7, 11) is 0. The van der Waals surface area contributed by atoms with E-state index in [9.17, 15) is 4.79 Å². The number of carboxylic acid groups (broad SMARTS) is 1. The Morgan fingerprint density at radius 2 is 2.50 bits per heavy atom. The van der Waals surface area contributed by atoms with Gasteiger partial charge in [-0.25, -0.2) is 4.98 Å². The highest BCUT2D eigenvalue weighted by atomic mass is 32.2. The van der Waals surface area contributed by atoms with Crippen LogP contribution >= 0.6 is 11.8 Å². The zero-order valence-electron chi connectivity index (χ0n) is 8.87. The van der Waals surface area contributed by atoms with E-state index in [1.807, 2.05) is 12.5 Å². The summed E-state index contributed by atoms with van der Waals surface area (Å²) < 4.78 is 2.18. The van der Waals surface area contributed by atoms with Gasteiger partial charge >= 0.3 is 5.97 Å². The molecule has 1 aliphatic rings. The molecule has 16 heavy (non-hydrogen) atoms. The van der Waals surface area contributed by atoms with E-state index in [1.54, 1.807) is 11.8 Å². The zero-order chi connectivity index (χ0) is 11.5. The van der Waals surface area contributed by atoms with E-state index in [0.29, 0.717) is 11.8 Å². The summed E-state index contributed by atoms with van der Waals surface area (Å²) >= 11 is 1.54. The van der Waals surface area contributed by atoms with Gasteiger partial charge in [-0.15, -0.1) is 0 Å². The van der Waals surface area contributed by atoms with Gasteiger partial charge < -0.3 is 15.4 Å². The van der Waals surface area contributed by atoms with Crippen molar-refractivity contribution in [1.82, 2.24) is 9.55 Å². The van der Waals surface area contributed by atoms with Gasteiger partial charge in [0, 0.05) is 29.4 Å². The monoisotopic (exact) mass is 241 g/mol. The average molecular weight is 241 g/mol. The van der Waals surface area contributed by atoms with Gasteiger partial charge in [0.1, 0.15) is 6.04 Å². The topological polar surface area (TPSA) is 81.1 Å². The van der Waals surface area contributed by atoms with Crippen molar-refractivity contribution in [3.8, 4) is 0 Å². The quantitative estimate of drug-likeness (QED) is 0.772. The molecule has 0 aliphatic heterocycles. The van der Waals surface area contributed by atoms with Gasteiger partial charge in [-0.05, 0) is 12.8 Å². The lowest BCUT2D eigenvalue weighted by Gasteiger charge is -2.08. The molecule has 5 nitrogen and oxygen atoms in total. The first-order valence-corrected chi connectivity index (χ1v) is 6.41. The third-order valence-electron chi connectivity index (χ3n) is 2.55. The average Bonchev–Trinajstić information content (AvgIpc) is 2.99. The first kappa shape index (κ1) is 11.5. The number of carbonyl (C=O) groups is 1. The summed E-state index contributed by atoms with van der Waals surface area (Å²) in [4.78, 5) is 14.6. The van der Waals surface area contributed by atoms with E-state index in [4.69, 9.17) is 10.8 Å². The van der Waals surface area contributed by atoms with E-state index in [2.05, 4.69) is 9.55 Å². The first-order chi connectivity index (χ1) is 7.68. The van der Waals surface area contributed by atoms with Crippen LogP contribution in [-0.4, -0.2) is 32.4 Å². The van der Waals surface area contributed by atoms with Crippen LogP contribution in [0.4, 0.5) is 0 Å². The molecule has 0 bridgehead atoms. The molecule has 1 unspecified atom stereocenters. The molecular weight excluding hydrogens is 226 g/mol. The summed E-state index contributed by atoms with van der Waals surface area (Å²) in [5.74, 6) is 0.269. The highest BCUT2D eigenvalue weighted by molar-refractivity contribution is 7.98. The minimum Gasteiger partial charge on any atom is -0.480 e. The second-order valence-electron chi connectivity index (χ2n) is 3.98. The molecule has 1 aromatic heterocycles. The number of rotatable bonds is 6. The lowest BCUT2D eigenvalue weighted by Crippen LogP contribution is -2.32. The number of nitrogens with zero attached hydrogens (tertiary/aromatic N) is 2. The van der Waals surface area contributed by atoms with Gasteiger partial charge in [0.05, 0.1) is 6.33 Å². The smallest absolute Gasteiger partial charge is 0.321 e. The predicted octanol–water partition coefficient (Wildman–Crippen LogP) is 0.863. The number of imidazole rings is 1. The fourth-order valence-corrected chi connectivity index (χ4v) is 2.43. The van der Waals surface area contributed by atoms with Crippen molar-refractivity contribution in [2.75, 3.05) is 5.75 Å². The third kappa shape index (κ3) is 2.76. The van der Waals surface area contributed by atoms with Crippen molar-refractivity contribution in [3.05, 3.63) is 18.2 Å². The molecule has 1 saturated carbocycles. The van der Waals surface area contributed by atoms with Crippen LogP contribution in [0.5, 0.6) is 0 Å². The van der Waals surface area contributed by atoms with Crippen LogP contribution in [0.3, 0.4) is 0 Å². The van der Waals surface area contributed by atoms with Crippen LogP contribution < -0.4 is 5.73 Å². The van der Waals surface area contributed by atoms with E-state index >= 15 is 0 Å². The number of aliphatic carboxylic acids is 1. The van der Waals surface area contributed by atoms with Crippen molar-refractivity contribution in [1.29, 1.82) is 0 Å². The van der Waals surface area contributed by atoms with E-state index in [1.165, 1.54) is 12.8 Å². The van der Waals surface area contributed by atoms with Gasteiger partial charge in [0.15, 0.2) is 0 Å². The van der Waals surface area contributed by atoms with Gasteiger partial charge in [-0.1, -0.05) is 0 Å². The molecule has 6 heteroatoms. The van der Waals surface area contributed by atoms with Crippen molar-refractivity contribution >= 4 is 17.7 Å². The van der Waals surface area contributed by atoms with Crippen LogP contribution in [0, 0.1) is 0 Å². The molecule has 1 aliphatic carbocycles. The maximum atomic E-state index is 10.5. The molecule has 1 fully saturated rings. The van der Waals surface area contributed by atoms with Crippen molar-refractivity contribution < 1.29 is 9.90 Å². The third-order valence-corrected chi connectivity index (χ3v) is 3.65. The minimum absolute atomic E-state index is 0.436. The number of hydrogen-bond donors (Lipinski definition) is 2. The van der Waals surface area contributed by atoms with Crippen LogP contribution in [-0.2, 0) is 10.5 Å². The normalized spacial score (nSPS) is 17.3. The Morgan fingerprint density at radius 3 is 3.12 bits per heavy atom. The molecule has 88 valence electrons. The van der Waals surface area contributed by atoms with Crippen LogP contribution in [0.25, 0.3) is 0 Å². The zero-order valence-corrected chi connectivity index (χ0v) is 9.69. The summed E-state index contributed by atoms with van der Waals surface area (Å²) in [5, 5.41) is 8.64.